The van der Waals surface area contributed by atoms with Gasteiger partial charge >= 0.3 is 5.97 Å². The molecule has 6 nitrogen and oxygen atoms in total. The van der Waals surface area contributed by atoms with Gasteiger partial charge in [0.1, 0.15) is 5.75 Å². The van der Waals surface area contributed by atoms with E-state index in [0.717, 1.165) is 20.1 Å². The third kappa shape index (κ3) is 5.62. The summed E-state index contributed by atoms with van der Waals surface area (Å²) in [5.41, 5.74) is 4.17. The molecule has 0 saturated carbocycles. The van der Waals surface area contributed by atoms with E-state index in [1.807, 2.05) is 24.3 Å². The molecule has 3 aromatic rings. The van der Waals surface area contributed by atoms with Gasteiger partial charge in [-0.3, -0.25) is 9.59 Å². The highest BCUT2D eigenvalue weighted by Crippen LogP contribution is 2.29. The first-order valence-electron chi connectivity index (χ1n) is 7.79. The summed E-state index contributed by atoms with van der Waals surface area (Å²) in [6.07, 6.45) is 1.52. The van der Waals surface area contributed by atoms with Gasteiger partial charge in [-0.25, -0.2) is 10.4 Å². The minimum absolute atomic E-state index is 0.217. The van der Waals surface area contributed by atoms with Crippen LogP contribution in [0.25, 0.3) is 10.2 Å². The van der Waals surface area contributed by atoms with Crippen LogP contribution in [0.5, 0.6) is 5.75 Å². The number of aromatic nitrogens is 1. The number of hydrazone groups is 1. The molecule has 0 aliphatic heterocycles. The maximum absolute atomic E-state index is 11.9. The van der Waals surface area contributed by atoms with Crippen LogP contribution in [-0.4, -0.2) is 28.8 Å². The van der Waals surface area contributed by atoms with Crippen molar-refractivity contribution in [3.8, 4) is 5.75 Å². The first-order valence-corrected chi connectivity index (χ1v) is 10.4. The number of fused-ring (bicyclic) bond motifs is 1. The Morgan fingerprint density at radius 1 is 1.33 bits per heavy atom. The van der Waals surface area contributed by atoms with Crippen molar-refractivity contribution in [1.29, 1.82) is 0 Å². The summed E-state index contributed by atoms with van der Waals surface area (Å²) in [5.74, 6) is 0.0451. The van der Waals surface area contributed by atoms with Crippen LogP contribution in [0.2, 0.25) is 0 Å². The average molecular weight is 464 g/mol. The van der Waals surface area contributed by atoms with Crippen molar-refractivity contribution in [2.75, 3.05) is 5.75 Å². The van der Waals surface area contributed by atoms with Gasteiger partial charge in [0.15, 0.2) is 4.34 Å². The molecule has 0 atom stereocenters. The number of hydrogen-bond donors (Lipinski definition) is 1. The summed E-state index contributed by atoms with van der Waals surface area (Å²) in [6, 6.07) is 13.0. The third-order valence-corrected chi connectivity index (χ3v) is 6.01. The lowest BCUT2D eigenvalue weighted by atomic mass is 10.2. The maximum Gasteiger partial charge on any atom is 0.308 e. The van der Waals surface area contributed by atoms with Crippen molar-refractivity contribution >= 4 is 67.3 Å². The number of hydrogen-bond acceptors (Lipinski definition) is 7. The van der Waals surface area contributed by atoms with Gasteiger partial charge in [0.2, 0.25) is 0 Å². The van der Waals surface area contributed by atoms with Crippen molar-refractivity contribution in [1.82, 2.24) is 10.4 Å². The zero-order valence-corrected chi connectivity index (χ0v) is 17.4. The van der Waals surface area contributed by atoms with Gasteiger partial charge in [0.25, 0.3) is 5.91 Å². The molecule has 3 rings (SSSR count). The van der Waals surface area contributed by atoms with E-state index >= 15 is 0 Å². The normalized spacial score (nSPS) is 11.0. The summed E-state index contributed by atoms with van der Waals surface area (Å²) < 4.78 is 7.60. The predicted octanol–water partition coefficient (Wildman–Crippen LogP) is 4.23. The van der Waals surface area contributed by atoms with Gasteiger partial charge in [-0.2, -0.15) is 5.10 Å². The molecule has 0 aliphatic rings. The molecule has 138 valence electrons. The number of nitrogens with zero attached hydrogens (tertiary/aromatic N) is 2. The fraction of sp³-hybridized carbons (Fsp3) is 0.111. The molecule has 0 saturated heterocycles. The van der Waals surface area contributed by atoms with Crippen LogP contribution >= 0.6 is 39.0 Å². The van der Waals surface area contributed by atoms with Crippen molar-refractivity contribution in [3.63, 3.8) is 0 Å². The molecule has 1 heterocycles. The van der Waals surface area contributed by atoms with Gasteiger partial charge in [-0.05, 0) is 51.8 Å². The van der Waals surface area contributed by atoms with Crippen LogP contribution < -0.4 is 10.2 Å². The Kier molecular flexibility index (Phi) is 6.59. The molecule has 27 heavy (non-hydrogen) atoms. The highest BCUT2D eigenvalue weighted by molar-refractivity contribution is 9.10. The smallest absolute Gasteiger partial charge is 0.308 e. The molecule has 0 aliphatic carbocycles. The van der Waals surface area contributed by atoms with Crippen molar-refractivity contribution in [3.05, 3.63) is 52.5 Å². The molecule has 0 bridgehead atoms. The second-order valence-electron chi connectivity index (χ2n) is 5.31. The van der Waals surface area contributed by atoms with Crippen LogP contribution in [0, 0.1) is 0 Å². The van der Waals surface area contributed by atoms with E-state index in [1.165, 1.54) is 24.9 Å². The number of thioether (sulfide) groups is 1. The van der Waals surface area contributed by atoms with Gasteiger partial charge in [-0.1, -0.05) is 23.9 Å². The number of ether oxygens (including phenoxy) is 1. The quantitative estimate of drug-likeness (QED) is 0.194. The second kappa shape index (κ2) is 9.12. The minimum atomic E-state index is -0.394. The Labute approximate surface area is 172 Å². The number of halogens is 1. The van der Waals surface area contributed by atoms with Gasteiger partial charge in [0, 0.05) is 6.92 Å². The van der Waals surface area contributed by atoms with E-state index in [0.29, 0.717) is 10.2 Å². The summed E-state index contributed by atoms with van der Waals surface area (Å²) in [7, 11) is 0. The number of benzene rings is 2. The lowest BCUT2D eigenvalue weighted by molar-refractivity contribution is -0.132. The molecule has 1 N–H and O–H groups in total. The van der Waals surface area contributed by atoms with E-state index < -0.39 is 5.97 Å². The minimum Gasteiger partial charge on any atom is -0.426 e. The monoisotopic (exact) mass is 463 g/mol. The van der Waals surface area contributed by atoms with Gasteiger partial charge < -0.3 is 4.74 Å². The van der Waals surface area contributed by atoms with Crippen molar-refractivity contribution in [2.45, 2.75) is 11.3 Å². The number of thiazole rings is 1. The summed E-state index contributed by atoms with van der Waals surface area (Å²) in [6.45, 7) is 1.34. The summed E-state index contributed by atoms with van der Waals surface area (Å²) >= 11 is 6.26. The van der Waals surface area contributed by atoms with Crippen LogP contribution in [-0.2, 0) is 9.59 Å². The highest BCUT2D eigenvalue weighted by atomic mass is 79.9. The Bertz CT molecular complexity index is 987. The number of rotatable bonds is 6. The van der Waals surface area contributed by atoms with Crippen molar-refractivity contribution in [2.24, 2.45) is 5.10 Å². The summed E-state index contributed by atoms with van der Waals surface area (Å²) in [5, 5.41) is 3.94. The zero-order chi connectivity index (χ0) is 19.2. The molecule has 1 aromatic heterocycles. The van der Waals surface area contributed by atoms with E-state index in [-0.39, 0.29) is 11.7 Å². The first-order chi connectivity index (χ1) is 13.0. The topological polar surface area (TPSA) is 80.6 Å². The van der Waals surface area contributed by atoms with E-state index in [2.05, 4.69) is 31.4 Å². The second-order valence-corrected chi connectivity index (χ2v) is 8.42. The third-order valence-electron chi connectivity index (χ3n) is 3.21. The molecule has 0 spiro atoms. The van der Waals surface area contributed by atoms with E-state index in [4.69, 9.17) is 4.74 Å². The van der Waals surface area contributed by atoms with Crippen LogP contribution in [0.15, 0.2) is 56.4 Å². The van der Waals surface area contributed by atoms with E-state index in [1.54, 1.807) is 29.5 Å². The largest absolute Gasteiger partial charge is 0.426 e. The van der Waals surface area contributed by atoms with Gasteiger partial charge in [0.05, 0.1) is 26.7 Å². The Morgan fingerprint density at radius 3 is 2.89 bits per heavy atom. The van der Waals surface area contributed by atoms with E-state index in [9.17, 15) is 9.59 Å². The van der Waals surface area contributed by atoms with Crippen LogP contribution in [0.3, 0.4) is 0 Å². The lowest BCUT2D eigenvalue weighted by Crippen LogP contribution is -2.19. The number of esters is 1. The number of amides is 1. The van der Waals surface area contributed by atoms with Gasteiger partial charge in [-0.15, -0.1) is 11.3 Å². The molecule has 0 unspecified atom stereocenters. The number of para-hydroxylation sites is 1. The number of carbonyl (C=O) groups is 2. The maximum atomic E-state index is 11.9. The Morgan fingerprint density at radius 2 is 2.15 bits per heavy atom. The molecule has 1 amide bonds. The first kappa shape index (κ1) is 19.5. The molecule has 0 radical (unpaired) electrons. The Balaban J connectivity index is 1.51. The predicted molar refractivity (Wildman–Crippen MR) is 112 cm³/mol. The van der Waals surface area contributed by atoms with Crippen LogP contribution in [0.1, 0.15) is 12.5 Å². The SMILES string of the molecule is CC(=O)Oc1ccc(/C=N\NC(=O)CSc2nc3ccccc3s2)cc1Br. The average Bonchev–Trinajstić information content (AvgIpc) is 3.05. The van der Waals surface area contributed by atoms with Crippen molar-refractivity contribution < 1.29 is 14.3 Å². The zero-order valence-electron chi connectivity index (χ0n) is 14.1. The number of nitrogens with one attached hydrogen (secondary N) is 1. The fourth-order valence-corrected chi connectivity index (χ4v) is 4.42. The Hall–Kier alpha value is -2.23. The molecule has 2 aromatic carbocycles. The summed E-state index contributed by atoms with van der Waals surface area (Å²) in [4.78, 5) is 27.4. The highest BCUT2D eigenvalue weighted by Gasteiger charge is 2.07. The molecular weight excluding hydrogens is 450 g/mol. The molecule has 0 fully saturated rings. The number of carbonyl (C=O) groups excluding carboxylic acids is 2. The molecule has 9 heteroatoms. The standard InChI is InChI=1S/C18H14BrN3O3S2/c1-11(23)25-15-7-6-12(8-13(15)19)9-20-22-17(24)10-26-18-21-14-4-2-3-5-16(14)27-18/h2-9H,10H2,1H3,(H,22,24)/b20-9-. The van der Waals surface area contributed by atoms with Crippen LogP contribution in [0.4, 0.5) is 0 Å². The lowest BCUT2D eigenvalue weighted by Gasteiger charge is -2.04. The molecular formula is C18H14BrN3O3S2. The fourth-order valence-electron chi connectivity index (χ4n) is 2.09.